The highest BCUT2D eigenvalue weighted by atomic mass is 16.5. The Morgan fingerprint density at radius 1 is 1.15 bits per heavy atom. The molecule has 7 nitrogen and oxygen atoms in total. The molecular weight excluding hydrogens is 344 g/mol. The molecule has 134 valence electrons. The van der Waals surface area contributed by atoms with Gasteiger partial charge in [0.1, 0.15) is 23.1 Å². The van der Waals surface area contributed by atoms with Crippen molar-refractivity contribution in [3.63, 3.8) is 0 Å². The molecule has 1 atom stereocenters. The molecule has 1 aliphatic rings. The zero-order chi connectivity index (χ0) is 19.1. The van der Waals surface area contributed by atoms with E-state index in [1.807, 2.05) is 13.0 Å². The number of hydrogen-bond acceptors (Lipinski definition) is 6. The van der Waals surface area contributed by atoms with E-state index in [4.69, 9.17) is 10.5 Å². The topological polar surface area (TPSA) is 117 Å². The fraction of sp³-hybridized carbons (Fsp3) is 0.100. The van der Waals surface area contributed by atoms with Crippen molar-refractivity contribution < 1.29 is 14.9 Å². The molecule has 0 spiro atoms. The molecule has 7 heteroatoms. The Hall–Kier alpha value is -3.92. The third-order valence-corrected chi connectivity index (χ3v) is 4.51. The van der Waals surface area contributed by atoms with Crippen LogP contribution >= 0.6 is 0 Å². The molecule has 0 aliphatic carbocycles. The standard InChI is InChI=1S/C20H16N4O3/c1-11-17-18(12-4-2-6-14(25)8-12)16(10-21)19(22)27-20(17)24(23-11)13-5-3-7-15(26)9-13/h2-9,18,25-26H,22H2,1H3/t18-/m0/s1. The minimum Gasteiger partial charge on any atom is -0.508 e. The Bertz CT molecular complexity index is 1120. The molecule has 2 aromatic carbocycles. The molecule has 0 fully saturated rings. The largest absolute Gasteiger partial charge is 0.508 e. The molecule has 0 bridgehead atoms. The number of allylic oxidation sites excluding steroid dienone is 1. The van der Waals surface area contributed by atoms with Crippen molar-refractivity contribution in [3.05, 3.63) is 76.8 Å². The zero-order valence-corrected chi connectivity index (χ0v) is 14.4. The Morgan fingerprint density at radius 3 is 2.52 bits per heavy atom. The summed E-state index contributed by atoms with van der Waals surface area (Å²) in [5.41, 5.74) is 8.94. The average Bonchev–Trinajstić information content (AvgIpc) is 2.96. The first-order valence-corrected chi connectivity index (χ1v) is 8.25. The highest BCUT2D eigenvalue weighted by Crippen LogP contribution is 2.45. The number of nitrogens with zero attached hydrogens (tertiary/aromatic N) is 3. The number of fused-ring (bicyclic) bond motifs is 1. The SMILES string of the molecule is Cc1nn(-c2cccc(O)c2)c2c1[C@@H](c1cccc(O)c1)C(C#N)=C(N)O2. The molecule has 0 saturated heterocycles. The van der Waals surface area contributed by atoms with Gasteiger partial charge in [-0.25, -0.2) is 4.68 Å². The molecule has 0 amide bonds. The first-order chi connectivity index (χ1) is 13.0. The number of hydrogen-bond donors (Lipinski definition) is 3. The number of benzene rings is 2. The van der Waals surface area contributed by atoms with Crippen molar-refractivity contribution in [1.82, 2.24) is 9.78 Å². The van der Waals surface area contributed by atoms with Crippen LogP contribution in [-0.4, -0.2) is 20.0 Å². The van der Waals surface area contributed by atoms with Crippen LogP contribution in [0.5, 0.6) is 17.4 Å². The van der Waals surface area contributed by atoms with E-state index in [9.17, 15) is 15.5 Å². The van der Waals surface area contributed by atoms with Gasteiger partial charge in [-0.3, -0.25) is 0 Å². The summed E-state index contributed by atoms with van der Waals surface area (Å²) in [7, 11) is 0. The highest BCUT2D eigenvalue weighted by molar-refractivity contribution is 5.58. The van der Waals surface area contributed by atoms with Gasteiger partial charge in [0.15, 0.2) is 0 Å². The van der Waals surface area contributed by atoms with E-state index in [0.29, 0.717) is 28.4 Å². The van der Waals surface area contributed by atoms with Crippen LogP contribution in [0, 0.1) is 18.3 Å². The summed E-state index contributed by atoms with van der Waals surface area (Å²) in [4.78, 5) is 0. The van der Waals surface area contributed by atoms with Crippen molar-refractivity contribution in [1.29, 1.82) is 5.26 Å². The van der Waals surface area contributed by atoms with Gasteiger partial charge in [0.05, 0.1) is 22.9 Å². The number of ether oxygens (including phenoxy) is 1. The second kappa shape index (κ2) is 6.11. The van der Waals surface area contributed by atoms with Crippen LogP contribution in [0.1, 0.15) is 22.7 Å². The summed E-state index contributed by atoms with van der Waals surface area (Å²) in [6.07, 6.45) is 0. The van der Waals surface area contributed by atoms with Crippen molar-refractivity contribution >= 4 is 0 Å². The minimum absolute atomic E-state index is 0.0142. The van der Waals surface area contributed by atoms with Crippen LogP contribution in [-0.2, 0) is 0 Å². The maximum absolute atomic E-state index is 9.89. The molecule has 0 radical (unpaired) electrons. The maximum Gasteiger partial charge on any atom is 0.229 e. The van der Waals surface area contributed by atoms with E-state index in [1.54, 1.807) is 47.1 Å². The molecule has 3 aromatic rings. The van der Waals surface area contributed by atoms with Gasteiger partial charge >= 0.3 is 0 Å². The maximum atomic E-state index is 9.89. The number of phenolic OH excluding ortho intramolecular Hbond substituents is 2. The zero-order valence-electron chi connectivity index (χ0n) is 14.4. The molecule has 4 rings (SSSR count). The first kappa shape index (κ1) is 16.5. The molecule has 2 heterocycles. The van der Waals surface area contributed by atoms with Gasteiger partial charge in [0.2, 0.25) is 11.8 Å². The lowest BCUT2D eigenvalue weighted by molar-refractivity contribution is 0.366. The lowest BCUT2D eigenvalue weighted by atomic mass is 9.84. The summed E-state index contributed by atoms with van der Waals surface area (Å²) in [6, 6.07) is 15.4. The van der Waals surface area contributed by atoms with E-state index in [0.717, 1.165) is 0 Å². The lowest BCUT2D eigenvalue weighted by Gasteiger charge is -2.25. The molecular formula is C20H16N4O3. The van der Waals surface area contributed by atoms with Crippen molar-refractivity contribution in [2.24, 2.45) is 5.73 Å². The fourth-order valence-electron chi connectivity index (χ4n) is 3.35. The number of aromatic nitrogens is 2. The molecule has 0 unspecified atom stereocenters. The quantitative estimate of drug-likeness (QED) is 0.647. The fourth-order valence-corrected chi connectivity index (χ4v) is 3.35. The summed E-state index contributed by atoms with van der Waals surface area (Å²) in [5.74, 6) is 0.0323. The minimum atomic E-state index is -0.517. The molecule has 1 aromatic heterocycles. The van der Waals surface area contributed by atoms with E-state index in [1.165, 1.54) is 0 Å². The van der Waals surface area contributed by atoms with Gasteiger partial charge in [0, 0.05) is 6.07 Å². The van der Waals surface area contributed by atoms with Crippen molar-refractivity contribution in [3.8, 4) is 29.1 Å². The van der Waals surface area contributed by atoms with Gasteiger partial charge < -0.3 is 20.7 Å². The molecule has 4 N–H and O–H groups in total. The van der Waals surface area contributed by atoms with Gasteiger partial charge in [-0.05, 0) is 36.8 Å². The van der Waals surface area contributed by atoms with E-state index in [2.05, 4.69) is 11.2 Å². The Labute approximate surface area is 155 Å². The third-order valence-electron chi connectivity index (χ3n) is 4.51. The van der Waals surface area contributed by atoms with Gasteiger partial charge in [-0.1, -0.05) is 18.2 Å². The summed E-state index contributed by atoms with van der Waals surface area (Å²) >= 11 is 0. The predicted octanol–water partition coefficient (Wildman–Crippen LogP) is 2.81. The Balaban J connectivity index is 1.97. The lowest BCUT2D eigenvalue weighted by Crippen LogP contribution is -2.22. The molecule has 27 heavy (non-hydrogen) atoms. The monoisotopic (exact) mass is 360 g/mol. The van der Waals surface area contributed by atoms with Crippen LogP contribution in [0.15, 0.2) is 60.0 Å². The van der Waals surface area contributed by atoms with E-state index < -0.39 is 5.92 Å². The van der Waals surface area contributed by atoms with Gasteiger partial charge in [-0.15, -0.1) is 0 Å². The smallest absolute Gasteiger partial charge is 0.229 e. The third kappa shape index (κ3) is 2.64. The summed E-state index contributed by atoms with van der Waals surface area (Å²) < 4.78 is 7.30. The average molecular weight is 360 g/mol. The molecule has 1 aliphatic heterocycles. The van der Waals surface area contributed by atoms with Crippen LogP contribution in [0.25, 0.3) is 5.69 Å². The normalized spacial score (nSPS) is 15.8. The van der Waals surface area contributed by atoms with Crippen LogP contribution in [0.2, 0.25) is 0 Å². The second-order valence-corrected chi connectivity index (χ2v) is 6.26. The van der Waals surface area contributed by atoms with E-state index in [-0.39, 0.29) is 23.0 Å². The van der Waals surface area contributed by atoms with Crippen LogP contribution in [0.4, 0.5) is 0 Å². The first-order valence-electron chi connectivity index (χ1n) is 8.25. The van der Waals surface area contributed by atoms with Gasteiger partial charge in [0.25, 0.3) is 0 Å². The van der Waals surface area contributed by atoms with Crippen LogP contribution in [0.3, 0.4) is 0 Å². The predicted molar refractivity (Wildman–Crippen MR) is 97.4 cm³/mol. The molecule has 0 saturated carbocycles. The number of phenols is 2. The van der Waals surface area contributed by atoms with E-state index >= 15 is 0 Å². The highest BCUT2D eigenvalue weighted by Gasteiger charge is 2.36. The van der Waals surface area contributed by atoms with Gasteiger partial charge in [-0.2, -0.15) is 10.4 Å². The second-order valence-electron chi connectivity index (χ2n) is 6.26. The van der Waals surface area contributed by atoms with Crippen molar-refractivity contribution in [2.45, 2.75) is 12.8 Å². The summed E-state index contributed by atoms with van der Waals surface area (Å²) in [6.45, 7) is 1.81. The summed E-state index contributed by atoms with van der Waals surface area (Å²) in [5, 5.41) is 33.9. The Kier molecular flexibility index (Phi) is 3.74. The van der Waals surface area contributed by atoms with Crippen LogP contribution < -0.4 is 10.5 Å². The number of nitrogens with two attached hydrogens (primary N) is 1. The Morgan fingerprint density at radius 2 is 1.85 bits per heavy atom. The number of nitriles is 1. The number of rotatable bonds is 2. The van der Waals surface area contributed by atoms with Crippen molar-refractivity contribution in [2.75, 3.05) is 0 Å². The number of aromatic hydroxyl groups is 2. The number of aryl methyl sites for hydroxylation is 1.